The molecule has 40 heavy (non-hydrogen) atoms. The molecule has 0 saturated heterocycles. The topological polar surface area (TPSA) is 124 Å². The van der Waals surface area contributed by atoms with Gasteiger partial charge in [0.2, 0.25) is 0 Å². The average Bonchev–Trinajstić information content (AvgIpc) is 2.93. The predicted molar refractivity (Wildman–Crippen MR) is 147 cm³/mol. The molecule has 0 aliphatic carbocycles. The van der Waals surface area contributed by atoms with Gasteiger partial charge in [-0.2, -0.15) is 0 Å². The maximum atomic E-state index is 14.2. The van der Waals surface area contributed by atoms with Crippen LogP contribution in [0, 0.1) is 11.6 Å². The van der Waals surface area contributed by atoms with Crippen LogP contribution >= 0.6 is 0 Å². The van der Waals surface area contributed by atoms with Gasteiger partial charge in [-0.25, -0.2) is 8.78 Å². The Kier molecular flexibility index (Phi) is 8.90. The number of aryl methyl sites for hydroxylation is 1. The highest BCUT2D eigenvalue weighted by Crippen LogP contribution is 2.22. The summed E-state index contributed by atoms with van der Waals surface area (Å²) in [4.78, 5) is 36.3. The molecule has 3 aromatic carbocycles. The molecule has 1 heterocycles. The van der Waals surface area contributed by atoms with E-state index in [9.17, 15) is 23.2 Å². The zero-order chi connectivity index (χ0) is 28.6. The van der Waals surface area contributed by atoms with E-state index in [0.717, 1.165) is 34.0 Å². The Morgan fingerprint density at radius 3 is 2.40 bits per heavy atom. The molecule has 0 spiro atoms. The van der Waals surface area contributed by atoms with E-state index in [-0.39, 0.29) is 23.4 Å². The zero-order valence-electron chi connectivity index (χ0n) is 21.4. The molecular formula is C30H27F2N3O5. The second kappa shape index (κ2) is 12.7. The largest absolute Gasteiger partial charge is 0.494 e. The number of hydrogen-bond acceptors (Lipinski definition) is 6. The molecule has 4 N–H and O–H groups in total. The van der Waals surface area contributed by atoms with Crippen molar-refractivity contribution in [2.45, 2.75) is 19.3 Å². The number of carbonyl (C=O) groups is 2. The number of benzene rings is 3. The van der Waals surface area contributed by atoms with Gasteiger partial charge in [-0.15, -0.1) is 0 Å². The molecule has 0 amide bonds. The Morgan fingerprint density at radius 2 is 1.68 bits per heavy atom. The van der Waals surface area contributed by atoms with Crippen molar-refractivity contribution in [3.8, 4) is 11.4 Å². The number of nitrogens with zero attached hydrogens (tertiary/aromatic N) is 1. The van der Waals surface area contributed by atoms with Gasteiger partial charge in [0.05, 0.1) is 23.4 Å². The molecule has 0 radical (unpaired) electrons. The summed E-state index contributed by atoms with van der Waals surface area (Å²) in [5.41, 5.74) is 7.41. The number of halogens is 2. The summed E-state index contributed by atoms with van der Waals surface area (Å²) in [7, 11) is 0. The SMILES string of the molecule is Nc1c(C(=O)c2ccc(F)cc2F)ccc(=O)n1-c1ccc(OCCCNc2ccccc2CCC(=O)O)cc1. The predicted octanol–water partition coefficient (Wildman–Crippen LogP) is 4.83. The number of carboxylic acids is 1. The molecule has 0 atom stereocenters. The van der Waals surface area contributed by atoms with Crippen LogP contribution in [0.3, 0.4) is 0 Å². The van der Waals surface area contributed by atoms with E-state index in [2.05, 4.69) is 5.32 Å². The van der Waals surface area contributed by atoms with Gasteiger partial charge in [-0.05, 0) is 66.9 Å². The van der Waals surface area contributed by atoms with E-state index in [1.165, 1.54) is 6.07 Å². The second-order valence-corrected chi connectivity index (χ2v) is 8.93. The Labute approximate surface area is 228 Å². The number of carbonyl (C=O) groups excluding carboxylic acids is 1. The standard InChI is InChI=1S/C30H27F2N3O5/c31-20-7-12-23(25(32)18-20)29(39)24-13-14-27(36)35(30(24)33)21-8-10-22(11-9-21)40-17-3-16-34-26-5-2-1-4-19(26)6-15-28(37)38/h1-2,4-5,7-14,18,34H,3,6,15-17,33H2,(H,37,38). The lowest BCUT2D eigenvalue weighted by molar-refractivity contribution is -0.136. The van der Waals surface area contributed by atoms with E-state index >= 15 is 0 Å². The number of anilines is 2. The van der Waals surface area contributed by atoms with Crippen molar-refractivity contribution < 1.29 is 28.2 Å². The first kappa shape index (κ1) is 28.0. The van der Waals surface area contributed by atoms with E-state index in [0.29, 0.717) is 43.5 Å². The van der Waals surface area contributed by atoms with Crippen LogP contribution in [-0.4, -0.2) is 34.6 Å². The second-order valence-electron chi connectivity index (χ2n) is 8.93. The minimum atomic E-state index is -1.03. The summed E-state index contributed by atoms with van der Waals surface area (Å²) in [6.07, 6.45) is 1.17. The van der Waals surface area contributed by atoms with Gasteiger partial charge in [0.1, 0.15) is 23.2 Å². The van der Waals surface area contributed by atoms with Crippen molar-refractivity contribution in [1.82, 2.24) is 4.57 Å². The number of pyridine rings is 1. The normalized spacial score (nSPS) is 10.8. The first-order valence-electron chi connectivity index (χ1n) is 12.5. The average molecular weight is 548 g/mol. The van der Waals surface area contributed by atoms with Crippen molar-refractivity contribution in [2.24, 2.45) is 0 Å². The van der Waals surface area contributed by atoms with Crippen LogP contribution < -0.4 is 21.3 Å². The Hall–Kier alpha value is -4.99. The van der Waals surface area contributed by atoms with Crippen molar-refractivity contribution in [3.63, 3.8) is 0 Å². The fourth-order valence-corrected chi connectivity index (χ4v) is 4.16. The molecule has 206 valence electrons. The molecule has 0 fully saturated rings. The van der Waals surface area contributed by atoms with Crippen molar-refractivity contribution in [2.75, 3.05) is 24.2 Å². The Balaban J connectivity index is 1.38. The highest BCUT2D eigenvalue weighted by molar-refractivity contribution is 6.11. The monoisotopic (exact) mass is 547 g/mol. The van der Waals surface area contributed by atoms with Gasteiger partial charge < -0.3 is 20.9 Å². The first-order chi connectivity index (χ1) is 19.2. The maximum absolute atomic E-state index is 14.2. The summed E-state index contributed by atoms with van der Waals surface area (Å²) >= 11 is 0. The summed E-state index contributed by atoms with van der Waals surface area (Å²) in [5, 5.41) is 12.2. The molecule has 8 nitrogen and oxygen atoms in total. The summed E-state index contributed by atoms with van der Waals surface area (Å²) in [6, 6.07) is 19.1. The van der Waals surface area contributed by atoms with Crippen molar-refractivity contribution >= 4 is 23.3 Å². The summed E-state index contributed by atoms with van der Waals surface area (Å²) in [5.74, 6) is -3.09. The molecule has 0 aliphatic rings. The Morgan fingerprint density at radius 1 is 0.950 bits per heavy atom. The third-order valence-electron chi connectivity index (χ3n) is 6.18. The van der Waals surface area contributed by atoms with Gasteiger partial charge in [0.15, 0.2) is 5.78 Å². The minimum absolute atomic E-state index is 0.0585. The van der Waals surface area contributed by atoms with Crippen LogP contribution in [0.15, 0.2) is 83.7 Å². The molecule has 0 aliphatic heterocycles. The van der Waals surface area contributed by atoms with E-state index in [1.54, 1.807) is 24.3 Å². The number of carboxylic acid groups (broad SMARTS) is 1. The third kappa shape index (κ3) is 6.71. The van der Waals surface area contributed by atoms with Gasteiger partial charge in [0.25, 0.3) is 5.56 Å². The van der Waals surface area contributed by atoms with E-state index < -0.39 is 28.9 Å². The van der Waals surface area contributed by atoms with E-state index in [4.69, 9.17) is 15.6 Å². The van der Waals surface area contributed by atoms with Crippen LogP contribution in [-0.2, 0) is 11.2 Å². The van der Waals surface area contributed by atoms with Gasteiger partial charge >= 0.3 is 5.97 Å². The number of nitrogen functional groups attached to an aromatic ring is 1. The van der Waals surface area contributed by atoms with E-state index in [1.807, 2.05) is 24.3 Å². The highest BCUT2D eigenvalue weighted by Gasteiger charge is 2.20. The fourth-order valence-electron chi connectivity index (χ4n) is 4.16. The number of aromatic nitrogens is 1. The molecule has 4 aromatic rings. The van der Waals surface area contributed by atoms with Crippen LogP contribution in [0.5, 0.6) is 5.75 Å². The smallest absolute Gasteiger partial charge is 0.303 e. The number of para-hydroxylation sites is 1. The number of nitrogens with two attached hydrogens (primary N) is 1. The molecule has 10 heteroatoms. The quantitative estimate of drug-likeness (QED) is 0.172. The third-order valence-corrected chi connectivity index (χ3v) is 6.18. The lowest BCUT2D eigenvalue weighted by Crippen LogP contribution is -2.23. The van der Waals surface area contributed by atoms with Crippen LogP contribution in [0.2, 0.25) is 0 Å². The lowest BCUT2D eigenvalue weighted by Gasteiger charge is -2.14. The molecule has 0 unspecified atom stereocenters. The zero-order valence-corrected chi connectivity index (χ0v) is 21.4. The molecule has 0 saturated carbocycles. The van der Waals surface area contributed by atoms with Gasteiger partial charge in [-0.3, -0.25) is 19.0 Å². The van der Waals surface area contributed by atoms with Crippen LogP contribution in [0.1, 0.15) is 34.3 Å². The molecule has 0 bridgehead atoms. The lowest BCUT2D eigenvalue weighted by atomic mass is 10.0. The van der Waals surface area contributed by atoms with Crippen LogP contribution in [0.25, 0.3) is 5.69 Å². The number of ketones is 1. The Bertz CT molecular complexity index is 1590. The molecule has 1 aromatic heterocycles. The highest BCUT2D eigenvalue weighted by atomic mass is 19.1. The maximum Gasteiger partial charge on any atom is 0.303 e. The minimum Gasteiger partial charge on any atom is -0.494 e. The summed E-state index contributed by atoms with van der Waals surface area (Å²) < 4.78 is 34.3. The molecule has 4 rings (SSSR count). The summed E-state index contributed by atoms with van der Waals surface area (Å²) in [6.45, 7) is 1.02. The van der Waals surface area contributed by atoms with Gasteiger partial charge in [-0.1, -0.05) is 18.2 Å². The number of hydrogen-bond donors (Lipinski definition) is 3. The molecular weight excluding hydrogens is 520 g/mol. The van der Waals surface area contributed by atoms with Crippen molar-refractivity contribution in [3.05, 3.63) is 118 Å². The number of ether oxygens (including phenoxy) is 1. The van der Waals surface area contributed by atoms with Crippen molar-refractivity contribution in [1.29, 1.82) is 0 Å². The number of rotatable bonds is 12. The number of nitrogens with one attached hydrogen (secondary N) is 1. The van der Waals surface area contributed by atoms with Gasteiger partial charge in [0, 0.05) is 30.8 Å². The fraction of sp³-hybridized carbons (Fsp3) is 0.167. The first-order valence-corrected chi connectivity index (χ1v) is 12.5. The number of aliphatic carboxylic acids is 1. The van der Waals surface area contributed by atoms with Crippen LogP contribution in [0.4, 0.5) is 20.3 Å².